The van der Waals surface area contributed by atoms with Crippen LogP contribution in [-0.2, 0) is 10.3 Å². The maximum absolute atomic E-state index is 6.24. The average molecular weight is 252 g/mol. The second kappa shape index (κ2) is 3.75. The molecule has 94 valence electrons. The summed E-state index contributed by atoms with van der Waals surface area (Å²) in [6.45, 7) is 7.58. The van der Waals surface area contributed by atoms with Gasteiger partial charge in [0.2, 0.25) is 0 Å². The van der Waals surface area contributed by atoms with Crippen LogP contribution >= 0.6 is 11.3 Å². The van der Waals surface area contributed by atoms with Crippen LogP contribution < -0.4 is 0 Å². The van der Waals surface area contributed by atoms with E-state index in [1.165, 1.54) is 12.8 Å². The van der Waals surface area contributed by atoms with E-state index < -0.39 is 0 Å². The van der Waals surface area contributed by atoms with Crippen molar-refractivity contribution in [3.8, 4) is 0 Å². The van der Waals surface area contributed by atoms with Gasteiger partial charge in [0.1, 0.15) is 15.6 Å². The van der Waals surface area contributed by atoms with Crippen molar-refractivity contribution < 1.29 is 4.74 Å². The highest BCUT2D eigenvalue weighted by atomic mass is 32.1. The summed E-state index contributed by atoms with van der Waals surface area (Å²) in [6.07, 6.45) is 4.81. The number of ether oxygens (including phenoxy) is 1. The van der Waals surface area contributed by atoms with E-state index in [1.54, 1.807) is 11.3 Å². The van der Waals surface area contributed by atoms with Crippen LogP contribution in [0.15, 0.2) is 0 Å². The van der Waals surface area contributed by atoms with Crippen molar-refractivity contribution in [1.29, 1.82) is 0 Å². The highest BCUT2D eigenvalue weighted by Gasteiger charge is 2.53. The molecule has 3 nitrogen and oxygen atoms in total. The van der Waals surface area contributed by atoms with Crippen LogP contribution in [0.5, 0.6) is 0 Å². The molecule has 0 spiro atoms. The summed E-state index contributed by atoms with van der Waals surface area (Å²) in [5, 5.41) is 10.6. The molecule has 4 heteroatoms. The third kappa shape index (κ3) is 1.65. The fourth-order valence-electron chi connectivity index (χ4n) is 3.22. The molecule has 0 atom stereocenters. The van der Waals surface area contributed by atoms with Crippen LogP contribution in [0.1, 0.15) is 49.5 Å². The van der Waals surface area contributed by atoms with Gasteiger partial charge in [0.15, 0.2) is 0 Å². The van der Waals surface area contributed by atoms with Gasteiger partial charge in [0, 0.05) is 0 Å². The number of fused-ring (bicyclic) bond motifs is 3. The van der Waals surface area contributed by atoms with Gasteiger partial charge >= 0.3 is 0 Å². The molecule has 0 radical (unpaired) electrons. The lowest BCUT2D eigenvalue weighted by Gasteiger charge is -2.54. The van der Waals surface area contributed by atoms with Gasteiger partial charge in [-0.25, -0.2) is 0 Å². The van der Waals surface area contributed by atoms with E-state index in [9.17, 15) is 0 Å². The standard InChI is InChI=1S/C13H20N2OS/c1-9(2)12-4-6-13(7-5-12,16-8-12)11-15-14-10(3)17-11/h9H,4-8H2,1-3H3. The Labute approximate surface area is 107 Å². The van der Waals surface area contributed by atoms with Gasteiger partial charge in [-0.2, -0.15) is 0 Å². The number of nitrogens with zero attached hydrogens (tertiary/aromatic N) is 2. The molecule has 0 amide bonds. The van der Waals surface area contributed by atoms with Crippen molar-refractivity contribution in [2.75, 3.05) is 6.61 Å². The second-order valence-electron chi connectivity index (χ2n) is 5.93. The summed E-state index contributed by atoms with van der Waals surface area (Å²) in [5.41, 5.74) is 0.337. The van der Waals surface area contributed by atoms with Crippen molar-refractivity contribution in [2.45, 2.75) is 52.1 Å². The Bertz CT molecular complexity index is 402. The Hall–Kier alpha value is -0.480. The first-order valence-electron chi connectivity index (χ1n) is 6.51. The van der Waals surface area contributed by atoms with Gasteiger partial charge in [-0.05, 0) is 43.9 Å². The van der Waals surface area contributed by atoms with Crippen molar-refractivity contribution in [3.63, 3.8) is 0 Å². The van der Waals surface area contributed by atoms with E-state index in [2.05, 4.69) is 24.0 Å². The van der Waals surface area contributed by atoms with E-state index in [0.29, 0.717) is 5.41 Å². The Morgan fingerprint density at radius 3 is 2.29 bits per heavy atom. The highest BCUT2D eigenvalue weighted by molar-refractivity contribution is 7.11. The van der Waals surface area contributed by atoms with Crippen LogP contribution in [0.2, 0.25) is 0 Å². The maximum atomic E-state index is 6.24. The van der Waals surface area contributed by atoms with Gasteiger partial charge in [-0.3, -0.25) is 0 Å². The van der Waals surface area contributed by atoms with Crippen molar-refractivity contribution in [3.05, 3.63) is 10.0 Å². The molecule has 3 heterocycles. The largest absolute Gasteiger partial charge is 0.367 e. The molecule has 2 saturated heterocycles. The molecule has 0 unspecified atom stereocenters. The van der Waals surface area contributed by atoms with Gasteiger partial charge < -0.3 is 4.74 Å². The van der Waals surface area contributed by atoms with E-state index >= 15 is 0 Å². The Balaban J connectivity index is 1.86. The van der Waals surface area contributed by atoms with E-state index in [4.69, 9.17) is 4.74 Å². The summed E-state index contributed by atoms with van der Waals surface area (Å²) in [4.78, 5) is 0. The number of hydrogen-bond donors (Lipinski definition) is 0. The molecule has 2 aliphatic heterocycles. The predicted octanol–water partition coefficient (Wildman–Crippen LogP) is 3.29. The smallest absolute Gasteiger partial charge is 0.149 e. The normalized spacial score (nSPS) is 36.7. The minimum atomic E-state index is -0.0947. The van der Waals surface area contributed by atoms with Crippen LogP contribution in [-0.4, -0.2) is 16.8 Å². The zero-order valence-corrected chi connectivity index (χ0v) is 11.6. The molecule has 0 aromatic carbocycles. The summed E-state index contributed by atoms with van der Waals surface area (Å²) < 4.78 is 6.24. The molecular weight excluding hydrogens is 232 g/mol. The van der Waals surface area contributed by atoms with Crippen LogP contribution in [0.25, 0.3) is 0 Å². The topological polar surface area (TPSA) is 35.0 Å². The molecule has 1 aromatic heterocycles. The molecule has 3 aliphatic rings. The number of aryl methyl sites for hydroxylation is 1. The van der Waals surface area contributed by atoms with Gasteiger partial charge in [-0.1, -0.05) is 25.2 Å². The molecular formula is C13H20N2OS. The van der Waals surface area contributed by atoms with Crippen molar-refractivity contribution >= 4 is 11.3 Å². The quantitative estimate of drug-likeness (QED) is 0.810. The Morgan fingerprint density at radius 1 is 1.18 bits per heavy atom. The first kappa shape index (κ1) is 11.6. The monoisotopic (exact) mass is 252 g/mol. The molecule has 17 heavy (non-hydrogen) atoms. The highest BCUT2D eigenvalue weighted by Crippen LogP contribution is 2.56. The summed E-state index contributed by atoms with van der Waals surface area (Å²) in [7, 11) is 0. The number of rotatable bonds is 2. The third-order valence-electron chi connectivity index (χ3n) is 4.83. The first-order chi connectivity index (χ1) is 8.06. The van der Waals surface area contributed by atoms with Crippen LogP contribution in [0.4, 0.5) is 0 Å². The lowest BCUT2D eigenvalue weighted by Crippen LogP contribution is -2.51. The molecule has 1 saturated carbocycles. The van der Waals surface area contributed by atoms with Gasteiger partial charge in [0.25, 0.3) is 0 Å². The van der Waals surface area contributed by atoms with Crippen LogP contribution in [0.3, 0.4) is 0 Å². The molecule has 3 fully saturated rings. The van der Waals surface area contributed by atoms with Gasteiger partial charge in [0.05, 0.1) is 6.61 Å². The zero-order chi connectivity index (χ0) is 12.1. The lowest BCUT2D eigenvalue weighted by atomic mass is 9.61. The lowest BCUT2D eigenvalue weighted by molar-refractivity contribution is -0.202. The second-order valence-corrected chi connectivity index (χ2v) is 7.11. The Morgan fingerprint density at radius 2 is 1.88 bits per heavy atom. The maximum Gasteiger partial charge on any atom is 0.149 e. The minimum absolute atomic E-state index is 0.0947. The number of hydrogen-bond acceptors (Lipinski definition) is 4. The predicted molar refractivity (Wildman–Crippen MR) is 68.0 cm³/mol. The molecule has 2 bridgehead atoms. The number of aromatic nitrogens is 2. The molecule has 1 aliphatic carbocycles. The summed E-state index contributed by atoms with van der Waals surface area (Å²) in [5.74, 6) is 0.719. The molecule has 1 aromatic rings. The fourth-order valence-corrected chi connectivity index (χ4v) is 4.11. The SMILES string of the molecule is Cc1nnc(C23CCC(C(C)C)(CC2)CO3)s1. The third-order valence-corrected chi connectivity index (χ3v) is 5.85. The van der Waals surface area contributed by atoms with Gasteiger partial charge in [-0.15, -0.1) is 10.2 Å². The Kier molecular flexibility index (Phi) is 2.56. The van der Waals surface area contributed by atoms with E-state index in [0.717, 1.165) is 35.4 Å². The molecule has 4 rings (SSSR count). The summed E-state index contributed by atoms with van der Waals surface area (Å²) in [6, 6.07) is 0. The first-order valence-corrected chi connectivity index (χ1v) is 7.33. The molecule has 0 N–H and O–H groups in total. The van der Waals surface area contributed by atoms with Crippen molar-refractivity contribution in [2.24, 2.45) is 11.3 Å². The van der Waals surface area contributed by atoms with E-state index in [1.807, 2.05) is 6.92 Å². The minimum Gasteiger partial charge on any atom is -0.367 e. The average Bonchev–Trinajstić information content (AvgIpc) is 2.79. The zero-order valence-electron chi connectivity index (χ0n) is 10.8. The van der Waals surface area contributed by atoms with Crippen molar-refractivity contribution in [1.82, 2.24) is 10.2 Å². The summed E-state index contributed by atoms with van der Waals surface area (Å²) >= 11 is 1.70. The fraction of sp³-hybridized carbons (Fsp3) is 0.846. The van der Waals surface area contributed by atoms with Crippen LogP contribution in [0, 0.1) is 18.3 Å². The van der Waals surface area contributed by atoms with E-state index in [-0.39, 0.29) is 5.60 Å².